The number of aliphatic hydroxyl groups excluding tert-OH is 5. The van der Waals surface area contributed by atoms with Crippen LogP contribution in [0.25, 0.3) is 0 Å². The average molecular weight is 574 g/mol. The number of aliphatic hydroxyl groups is 5. The Labute approximate surface area is 244 Å². The topological polar surface area (TPSA) is 117 Å². The van der Waals surface area contributed by atoms with Crippen molar-refractivity contribution >= 4 is 0 Å². The summed E-state index contributed by atoms with van der Waals surface area (Å²) in [6.45, 7) is 21.2. The highest BCUT2D eigenvalue weighted by Gasteiger charge is 2.21. The van der Waals surface area contributed by atoms with E-state index in [1.54, 1.807) is 6.20 Å². The normalized spacial score (nSPS) is 18.8. The first-order chi connectivity index (χ1) is 19.1. The van der Waals surface area contributed by atoms with Crippen molar-refractivity contribution in [1.29, 1.82) is 0 Å². The minimum absolute atomic E-state index is 0.313. The Morgan fingerprint density at radius 2 is 1.00 bits per heavy atom. The van der Waals surface area contributed by atoms with Crippen molar-refractivity contribution in [3.8, 4) is 0 Å². The van der Waals surface area contributed by atoms with Gasteiger partial charge in [0.2, 0.25) is 0 Å². The third-order valence-corrected chi connectivity index (χ3v) is 8.06. The third kappa shape index (κ3) is 16.5. The van der Waals surface area contributed by atoms with Crippen LogP contribution < -0.4 is 0 Å². The first kappa shape index (κ1) is 37.0. The zero-order valence-electron chi connectivity index (χ0n) is 26.3. The fraction of sp³-hybridized carbons (Fsp3) is 0.933. The van der Waals surface area contributed by atoms with E-state index in [0.717, 1.165) is 71.7 Å². The summed E-state index contributed by atoms with van der Waals surface area (Å²) in [5.41, 5.74) is 0. The highest BCUT2D eigenvalue weighted by molar-refractivity contribution is 4.91. The van der Waals surface area contributed by atoms with Gasteiger partial charge in [0, 0.05) is 104 Å². The summed E-state index contributed by atoms with van der Waals surface area (Å²) in [7, 11) is 0. The van der Waals surface area contributed by atoms with E-state index in [-0.39, 0.29) is 18.3 Å². The molecule has 0 unspecified atom stereocenters. The lowest BCUT2D eigenvalue weighted by atomic mass is 10.2. The van der Waals surface area contributed by atoms with Gasteiger partial charge in [-0.3, -0.25) is 19.6 Å². The molecule has 1 aliphatic rings. The minimum Gasteiger partial charge on any atom is -0.511 e. The van der Waals surface area contributed by atoms with Crippen molar-refractivity contribution < 1.29 is 25.5 Å². The maximum Gasteiger partial charge on any atom is 0.108 e. The fourth-order valence-corrected chi connectivity index (χ4v) is 4.82. The van der Waals surface area contributed by atoms with E-state index in [0.29, 0.717) is 57.7 Å². The van der Waals surface area contributed by atoms with Crippen LogP contribution in [0.2, 0.25) is 0 Å². The molecule has 0 aromatic rings. The molecule has 1 heterocycles. The molecule has 4 atom stereocenters. The predicted molar refractivity (Wildman–Crippen MR) is 164 cm³/mol. The lowest BCUT2D eigenvalue weighted by molar-refractivity contribution is 0.0517. The molecule has 238 valence electrons. The van der Waals surface area contributed by atoms with Crippen LogP contribution in [0.1, 0.15) is 66.7 Å². The van der Waals surface area contributed by atoms with Gasteiger partial charge in [-0.2, -0.15) is 0 Å². The van der Waals surface area contributed by atoms with Crippen LogP contribution in [0.5, 0.6) is 0 Å². The van der Waals surface area contributed by atoms with Crippen LogP contribution in [-0.4, -0.2) is 166 Å². The molecule has 10 heteroatoms. The second-order valence-corrected chi connectivity index (χ2v) is 11.5. The van der Waals surface area contributed by atoms with E-state index in [1.807, 2.05) is 39.5 Å². The molecule has 0 radical (unpaired) electrons. The van der Waals surface area contributed by atoms with Crippen LogP contribution in [-0.2, 0) is 0 Å². The van der Waals surface area contributed by atoms with E-state index >= 15 is 0 Å². The van der Waals surface area contributed by atoms with Crippen molar-refractivity contribution in [3.05, 3.63) is 12.0 Å². The minimum atomic E-state index is -0.438. The zero-order chi connectivity index (χ0) is 29.9. The van der Waals surface area contributed by atoms with E-state index in [2.05, 4.69) is 19.6 Å². The van der Waals surface area contributed by atoms with Gasteiger partial charge in [0.1, 0.15) is 5.76 Å². The molecule has 1 rings (SSSR count). The van der Waals surface area contributed by atoms with Gasteiger partial charge in [-0.05, 0) is 25.7 Å². The summed E-state index contributed by atoms with van der Waals surface area (Å²) in [5, 5.41) is 50.9. The van der Waals surface area contributed by atoms with E-state index < -0.39 is 6.10 Å². The summed E-state index contributed by atoms with van der Waals surface area (Å²) in [6.07, 6.45) is 3.62. The van der Waals surface area contributed by atoms with Crippen molar-refractivity contribution in [1.82, 2.24) is 24.5 Å². The predicted octanol–water partition coefficient (Wildman–Crippen LogP) is 1.40. The molecule has 1 aliphatic heterocycles. The van der Waals surface area contributed by atoms with Crippen molar-refractivity contribution in [2.45, 2.75) is 91.1 Å². The van der Waals surface area contributed by atoms with Gasteiger partial charge in [0.05, 0.1) is 24.4 Å². The van der Waals surface area contributed by atoms with Crippen molar-refractivity contribution in [3.63, 3.8) is 0 Å². The second-order valence-electron chi connectivity index (χ2n) is 11.5. The van der Waals surface area contributed by atoms with Gasteiger partial charge in [-0.25, -0.2) is 0 Å². The number of hydrogen-bond donors (Lipinski definition) is 5. The van der Waals surface area contributed by atoms with Crippen molar-refractivity contribution in [2.75, 3.05) is 91.6 Å². The van der Waals surface area contributed by atoms with Crippen LogP contribution in [0, 0.1) is 0 Å². The highest BCUT2D eigenvalue weighted by Crippen LogP contribution is 2.08. The molecule has 10 nitrogen and oxygen atoms in total. The van der Waals surface area contributed by atoms with Gasteiger partial charge in [-0.1, -0.05) is 34.6 Å². The lowest BCUT2D eigenvalue weighted by Crippen LogP contribution is -2.51. The third-order valence-electron chi connectivity index (χ3n) is 8.06. The Bertz CT molecular complexity index is 638. The number of rotatable bonds is 23. The quantitative estimate of drug-likeness (QED) is 0.115. The molecular formula is C30H63N5O5. The first-order valence-corrected chi connectivity index (χ1v) is 15.9. The van der Waals surface area contributed by atoms with Gasteiger partial charge >= 0.3 is 0 Å². The molecule has 5 N–H and O–H groups in total. The number of hydrogen-bond acceptors (Lipinski definition) is 10. The molecule has 1 saturated heterocycles. The number of nitrogens with zero attached hydrogens (tertiary/aromatic N) is 5. The molecule has 0 spiro atoms. The van der Waals surface area contributed by atoms with Crippen LogP contribution in [0.15, 0.2) is 12.0 Å². The summed E-state index contributed by atoms with van der Waals surface area (Å²) >= 11 is 0. The first-order valence-electron chi connectivity index (χ1n) is 15.9. The molecule has 0 amide bonds. The maximum absolute atomic E-state index is 10.4. The standard InChI is InChI=1S/C30H63N5O5/c1-6-26(36)21-33(18-20-35(24-29(39)9-4)25-30(40)10-5)17-15-31-11-13-32(14-12-31)16-19-34(22-27(37)7-2)23-28(38)8-3/h24,26-28,30,36-40H,6-23,25H2,1-5H3/b29-24-/t26-,27-,28-,30-/m1/s1. The van der Waals surface area contributed by atoms with Crippen LogP contribution in [0.3, 0.4) is 0 Å². The Hall–Kier alpha value is -0.980. The summed E-state index contributed by atoms with van der Waals surface area (Å²) in [6, 6.07) is 0. The Balaban J connectivity index is 2.58. The molecule has 0 aliphatic carbocycles. The summed E-state index contributed by atoms with van der Waals surface area (Å²) in [5.74, 6) is 0.313. The van der Waals surface area contributed by atoms with Crippen LogP contribution >= 0.6 is 0 Å². The smallest absolute Gasteiger partial charge is 0.108 e. The largest absolute Gasteiger partial charge is 0.511 e. The van der Waals surface area contributed by atoms with Gasteiger partial charge in [0.15, 0.2) is 0 Å². The molecule has 1 fully saturated rings. The summed E-state index contributed by atoms with van der Waals surface area (Å²) in [4.78, 5) is 11.5. The van der Waals surface area contributed by atoms with Crippen LogP contribution in [0.4, 0.5) is 0 Å². The Morgan fingerprint density at radius 1 is 0.600 bits per heavy atom. The monoisotopic (exact) mass is 573 g/mol. The average Bonchev–Trinajstić information content (AvgIpc) is 2.96. The molecule has 40 heavy (non-hydrogen) atoms. The summed E-state index contributed by atoms with van der Waals surface area (Å²) < 4.78 is 0. The molecule has 0 bridgehead atoms. The Morgan fingerprint density at radius 3 is 1.43 bits per heavy atom. The van der Waals surface area contributed by atoms with E-state index in [9.17, 15) is 25.5 Å². The number of allylic oxidation sites excluding steroid dienone is 1. The fourth-order valence-electron chi connectivity index (χ4n) is 4.82. The van der Waals surface area contributed by atoms with Gasteiger partial charge < -0.3 is 30.4 Å². The maximum atomic E-state index is 10.4. The second kappa shape index (κ2) is 21.7. The van der Waals surface area contributed by atoms with Crippen molar-refractivity contribution in [2.24, 2.45) is 0 Å². The lowest BCUT2D eigenvalue weighted by Gasteiger charge is -2.37. The van der Waals surface area contributed by atoms with E-state index in [4.69, 9.17) is 0 Å². The Kier molecular flexibility index (Phi) is 20.1. The molecule has 0 aromatic carbocycles. The van der Waals surface area contributed by atoms with Gasteiger partial charge in [-0.15, -0.1) is 0 Å². The number of piperazine rings is 1. The molecule has 0 saturated carbocycles. The van der Waals surface area contributed by atoms with E-state index in [1.165, 1.54) is 0 Å². The zero-order valence-corrected chi connectivity index (χ0v) is 26.3. The molecular weight excluding hydrogens is 510 g/mol. The SMILES string of the molecule is CC/C(O)=C/N(CCN(CCN1CCN(CCN(C[C@H](O)CC)C[C@H](O)CC)CC1)C[C@H](O)CC)C[C@H](O)CC. The molecule has 0 aromatic heterocycles. The van der Waals surface area contributed by atoms with Gasteiger partial charge in [0.25, 0.3) is 0 Å². The highest BCUT2D eigenvalue weighted by atomic mass is 16.3.